The van der Waals surface area contributed by atoms with E-state index in [1.807, 2.05) is 0 Å². The third-order valence-corrected chi connectivity index (χ3v) is 2.86. The van der Waals surface area contributed by atoms with Crippen molar-refractivity contribution in [1.82, 2.24) is 14.9 Å². The molecule has 1 N–H and O–H groups in total. The van der Waals surface area contributed by atoms with Crippen molar-refractivity contribution in [3.05, 3.63) is 0 Å². The minimum absolute atomic E-state index is 0.243. The highest BCUT2D eigenvalue weighted by Crippen LogP contribution is 2.05. The molecule has 1 amide bonds. The van der Waals surface area contributed by atoms with Gasteiger partial charge in [0.2, 0.25) is 0 Å². The topological polar surface area (TPSA) is 47.0 Å². The molecule has 0 aromatic carbocycles. The van der Waals surface area contributed by atoms with Crippen molar-refractivity contribution in [2.24, 2.45) is 0 Å². The summed E-state index contributed by atoms with van der Waals surface area (Å²) in [5, 5.41) is 9.60. The van der Waals surface area contributed by atoms with E-state index in [0.29, 0.717) is 17.6 Å². The van der Waals surface area contributed by atoms with E-state index in [1.54, 1.807) is 0 Å². The maximum atomic E-state index is 11.2. The van der Waals surface area contributed by atoms with Crippen LogP contribution in [0, 0.1) is 0 Å². The largest absolute Gasteiger partial charge is 0.298 e. The van der Waals surface area contributed by atoms with Crippen LogP contribution in [0.4, 0.5) is 0 Å². The van der Waals surface area contributed by atoms with Gasteiger partial charge < -0.3 is 0 Å². The maximum Gasteiger partial charge on any atom is 0.259 e. The average Bonchev–Trinajstić information content (AvgIpc) is 2.18. The van der Waals surface area contributed by atoms with E-state index < -0.39 is 0 Å². The molecule has 0 atom stereocenters. The second-order valence-electron chi connectivity index (χ2n) is 4.32. The summed E-state index contributed by atoms with van der Waals surface area (Å²) in [5.41, 5.74) is 0. The Bertz CT molecular complexity index is 211. The number of hydrogen-bond acceptors (Lipinski definition) is 4. The molecule has 0 aromatic rings. The first-order valence-corrected chi connectivity index (χ1v) is 5.42. The molecular formula is C10H21N3O2. The lowest BCUT2D eigenvalue weighted by Crippen LogP contribution is -2.51. The number of nitrogens with zero attached hydrogens (tertiary/aromatic N) is 3. The van der Waals surface area contributed by atoms with Gasteiger partial charge >= 0.3 is 0 Å². The fraction of sp³-hybridized carbons (Fsp3) is 0.900. The van der Waals surface area contributed by atoms with Crippen molar-refractivity contribution in [2.75, 3.05) is 39.8 Å². The Morgan fingerprint density at radius 1 is 1.33 bits per heavy atom. The third-order valence-electron chi connectivity index (χ3n) is 2.86. The number of carbonyl (C=O) groups excluding carboxylic acids is 1. The van der Waals surface area contributed by atoms with E-state index in [4.69, 9.17) is 5.21 Å². The van der Waals surface area contributed by atoms with E-state index >= 15 is 0 Å². The highest BCUT2D eigenvalue weighted by molar-refractivity contribution is 5.76. The van der Waals surface area contributed by atoms with Gasteiger partial charge in [0.15, 0.2) is 0 Å². The Hall–Kier alpha value is -0.650. The summed E-state index contributed by atoms with van der Waals surface area (Å²) in [6.07, 6.45) is 0. The van der Waals surface area contributed by atoms with Gasteiger partial charge in [0.1, 0.15) is 0 Å². The summed E-state index contributed by atoms with van der Waals surface area (Å²) >= 11 is 0. The number of carbonyl (C=O) groups is 1. The number of likely N-dealkylation sites (N-methyl/N-ethyl adjacent to an activating group) is 1. The van der Waals surface area contributed by atoms with Crippen LogP contribution in [0.25, 0.3) is 0 Å². The van der Waals surface area contributed by atoms with Crippen molar-refractivity contribution in [3.63, 3.8) is 0 Å². The van der Waals surface area contributed by atoms with Gasteiger partial charge in [-0.15, -0.1) is 0 Å². The minimum atomic E-state index is -0.243. The molecule has 0 saturated carbocycles. The summed E-state index contributed by atoms with van der Waals surface area (Å²) in [7, 11) is 1.37. The van der Waals surface area contributed by atoms with Gasteiger partial charge in [-0.2, -0.15) is 0 Å². The van der Waals surface area contributed by atoms with E-state index in [1.165, 1.54) is 7.05 Å². The second kappa shape index (κ2) is 5.44. The van der Waals surface area contributed by atoms with Gasteiger partial charge in [-0.1, -0.05) is 0 Å². The molecule has 0 aliphatic carbocycles. The smallest absolute Gasteiger partial charge is 0.259 e. The van der Waals surface area contributed by atoms with Crippen LogP contribution in [0.2, 0.25) is 0 Å². The van der Waals surface area contributed by atoms with Gasteiger partial charge in [-0.3, -0.25) is 19.8 Å². The second-order valence-corrected chi connectivity index (χ2v) is 4.32. The van der Waals surface area contributed by atoms with Crippen LogP contribution in [0.1, 0.15) is 13.8 Å². The summed E-state index contributed by atoms with van der Waals surface area (Å²) < 4.78 is 0. The van der Waals surface area contributed by atoms with Gasteiger partial charge in [-0.25, -0.2) is 5.06 Å². The molecule has 0 aromatic heterocycles. The van der Waals surface area contributed by atoms with Gasteiger partial charge in [0.05, 0.1) is 6.54 Å². The lowest BCUT2D eigenvalue weighted by atomic mass is 10.2. The zero-order chi connectivity index (χ0) is 11.4. The average molecular weight is 215 g/mol. The molecular weight excluding hydrogens is 194 g/mol. The van der Waals surface area contributed by atoms with Crippen LogP contribution < -0.4 is 0 Å². The fourth-order valence-corrected chi connectivity index (χ4v) is 1.73. The predicted octanol–water partition coefficient (Wildman–Crippen LogP) is -0.140. The van der Waals surface area contributed by atoms with Gasteiger partial charge in [-0.05, 0) is 13.8 Å². The Balaban J connectivity index is 2.29. The molecule has 15 heavy (non-hydrogen) atoms. The molecule has 5 heteroatoms. The summed E-state index contributed by atoms with van der Waals surface area (Å²) in [4.78, 5) is 15.7. The van der Waals surface area contributed by atoms with Crippen LogP contribution in [0.5, 0.6) is 0 Å². The summed E-state index contributed by atoms with van der Waals surface area (Å²) in [5.74, 6) is -0.243. The van der Waals surface area contributed by atoms with E-state index in [9.17, 15) is 4.79 Å². The van der Waals surface area contributed by atoms with Crippen LogP contribution in [-0.2, 0) is 4.79 Å². The van der Waals surface area contributed by atoms with Gasteiger partial charge in [0.25, 0.3) is 5.91 Å². The number of hydroxylamine groups is 2. The van der Waals surface area contributed by atoms with Crippen molar-refractivity contribution < 1.29 is 10.0 Å². The lowest BCUT2D eigenvalue weighted by Gasteiger charge is -2.36. The number of piperazine rings is 1. The van der Waals surface area contributed by atoms with E-state index in [2.05, 4.69) is 23.6 Å². The van der Waals surface area contributed by atoms with Crippen molar-refractivity contribution in [1.29, 1.82) is 0 Å². The molecule has 0 radical (unpaired) electrons. The molecule has 1 aliphatic rings. The molecule has 1 rings (SSSR count). The number of rotatable bonds is 3. The van der Waals surface area contributed by atoms with Crippen LogP contribution in [-0.4, -0.2) is 71.8 Å². The van der Waals surface area contributed by atoms with Crippen molar-refractivity contribution in [3.8, 4) is 0 Å². The Morgan fingerprint density at radius 2 is 1.87 bits per heavy atom. The normalized spacial score (nSPS) is 19.5. The molecule has 0 unspecified atom stereocenters. The Kier molecular flexibility index (Phi) is 4.50. The number of amides is 1. The molecule has 1 saturated heterocycles. The number of hydrogen-bond donors (Lipinski definition) is 1. The lowest BCUT2D eigenvalue weighted by molar-refractivity contribution is -0.160. The predicted molar refractivity (Wildman–Crippen MR) is 57.7 cm³/mol. The molecule has 88 valence electrons. The van der Waals surface area contributed by atoms with E-state index in [0.717, 1.165) is 26.2 Å². The highest BCUT2D eigenvalue weighted by Gasteiger charge is 2.21. The first-order chi connectivity index (χ1) is 7.00. The Labute approximate surface area is 91.2 Å². The molecule has 1 fully saturated rings. The molecule has 1 heterocycles. The Morgan fingerprint density at radius 3 is 2.27 bits per heavy atom. The third kappa shape index (κ3) is 3.77. The molecule has 0 spiro atoms. The zero-order valence-corrected chi connectivity index (χ0v) is 9.81. The monoisotopic (exact) mass is 215 g/mol. The minimum Gasteiger partial charge on any atom is -0.298 e. The maximum absolute atomic E-state index is 11.2. The van der Waals surface area contributed by atoms with E-state index in [-0.39, 0.29) is 5.91 Å². The summed E-state index contributed by atoms with van der Waals surface area (Å²) in [6.45, 7) is 8.49. The van der Waals surface area contributed by atoms with Gasteiger partial charge in [0, 0.05) is 39.3 Å². The molecule has 0 bridgehead atoms. The first kappa shape index (κ1) is 12.4. The summed E-state index contributed by atoms with van der Waals surface area (Å²) in [6, 6.07) is 0.573. The quantitative estimate of drug-likeness (QED) is 0.526. The standard InChI is InChI=1S/C10H21N3O2/c1-9(2)13-6-4-12(5-7-13)8-10(14)11(3)15/h9,15H,4-8H2,1-3H3. The molecule has 5 nitrogen and oxygen atoms in total. The SMILES string of the molecule is CC(C)N1CCN(CC(=O)N(C)O)CC1. The van der Waals surface area contributed by atoms with Crippen molar-refractivity contribution in [2.45, 2.75) is 19.9 Å². The molecule has 1 aliphatic heterocycles. The fourth-order valence-electron chi connectivity index (χ4n) is 1.73. The van der Waals surface area contributed by atoms with Crippen molar-refractivity contribution >= 4 is 5.91 Å². The first-order valence-electron chi connectivity index (χ1n) is 5.42. The van der Waals surface area contributed by atoms with Crippen LogP contribution in [0.15, 0.2) is 0 Å². The van der Waals surface area contributed by atoms with Crippen LogP contribution >= 0.6 is 0 Å². The van der Waals surface area contributed by atoms with Crippen LogP contribution in [0.3, 0.4) is 0 Å². The highest BCUT2D eigenvalue weighted by atomic mass is 16.5. The zero-order valence-electron chi connectivity index (χ0n) is 9.81.